The summed E-state index contributed by atoms with van der Waals surface area (Å²) in [7, 11) is -1.38. The van der Waals surface area contributed by atoms with Crippen molar-refractivity contribution in [3.05, 3.63) is 58.8 Å². The van der Waals surface area contributed by atoms with Crippen molar-refractivity contribution >= 4 is 44.4 Å². The Hall–Kier alpha value is -4.23. The summed E-state index contributed by atoms with van der Waals surface area (Å²) in [6.07, 6.45) is 3.87. The minimum Gasteiger partial charge on any atom is -0.496 e. The van der Waals surface area contributed by atoms with Gasteiger partial charge in [-0.3, -0.25) is 14.4 Å². The van der Waals surface area contributed by atoms with Crippen LogP contribution in [-0.4, -0.2) is 85.9 Å². The number of piperidine rings is 1. The summed E-state index contributed by atoms with van der Waals surface area (Å²) in [6, 6.07) is 6.47. The van der Waals surface area contributed by atoms with Crippen LogP contribution in [0.15, 0.2) is 41.4 Å². The van der Waals surface area contributed by atoms with Crippen molar-refractivity contribution in [2.75, 3.05) is 33.0 Å². The van der Waals surface area contributed by atoms with Gasteiger partial charge in [-0.25, -0.2) is 13.4 Å². The normalized spacial score (nSPS) is 15.1. The molecule has 2 amide bonds. The van der Waals surface area contributed by atoms with Crippen molar-refractivity contribution < 1.29 is 32.3 Å². The molecule has 3 N–H and O–H groups in total. The highest BCUT2D eigenvalue weighted by molar-refractivity contribution is 7.89. The number of hydrogen-bond donors (Lipinski definition) is 2. The van der Waals surface area contributed by atoms with E-state index in [4.69, 9.17) is 15.2 Å². The molecule has 1 aliphatic heterocycles. The number of carbonyl (C=O) groups excluding carboxylic acids is 3. The molecule has 1 aliphatic rings. The van der Waals surface area contributed by atoms with Gasteiger partial charge in [0.15, 0.2) is 0 Å². The first-order valence-electron chi connectivity index (χ1n) is 16.5. The molecule has 0 saturated carbocycles. The summed E-state index contributed by atoms with van der Waals surface area (Å²) in [5.41, 5.74) is 7.45. The fourth-order valence-electron chi connectivity index (χ4n) is 6.34. The summed E-state index contributed by atoms with van der Waals surface area (Å²) >= 11 is 0. The second-order valence-electron chi connectivity index (χ2n) is 13.7. The first kappa shape index (κ1) is 37.6. The van der Waals surface area contributed by atoms with Gasteiger partial charge in [0, 0.05) is 38.1 Å². The SMILES string of the molecule is COc1cc(C)c(S(=O)(=O)NC(CC(=O)OC(C)(C)C)C(=O)N(C)C(Cc2ccc3c(N)nccc3c2)C(=O)N2CCCCC2)c(C)c1C. The number of hydrogen-bond acceptors (Lipinski definition) is 9. The number of sulfonamides is 1. The topological polar surface area (TPSA) is 161 Å². The number of likely N-dealkylation sites (tertiary alicyclic amines) is 1. The zero-order chi connectivity index (χ0) is 36.3. The number of benzene rings is 2. The third-order valence-electron chi connectivity index (χ3n) is 8.91. The van der Waals surface area contributed by atoms with Crippen LogP contribution in [0, 0.1) is 20.8 Å². The van der Waals surface area contributed by atoms with E-state index in [0.717, 1.165) is 35.6 Å². The maximum absolute atomic E-state index is 14.4. The van der Waals surface area contributed by atoms with Gasteiger partial charge < -0.3 is 25.0 Å². The van der Waals surface area contributed by atoms with Crippen LogP contribution in [0.5, 0.6) is 5.75 Å². The van der Waals surface area contributed by atoms with Crippen molar-refractivity contribution in [3.8, 4) is 5.75 Å². The van der Waals surface area contributed by atoms with E-state index in [1.165, 1.54) is 19.1 Å². The Kier molecular flexibility index (Phi) is 11.6. The number of fused-ring (bicyclic) bond motifs is 1. The molecular weight excluding hydrogens is 646 g/mol. The van der Waals surface area contributed by atoms with Gasteiger partial charge in [0.25, 0.3) is 0 Å². The van der Waals surface area contributed by atoms with E-state index in [1.54, 1.807) is 58.7 Å². The van der Waals surface area contributed by atoms with E-state index in [9.17, 15) is 22.8 Å². The molecule has 12 nitrogen and oxygen atoms in total. The van der Waals surface area contributed by atoms with Crippen molar-refractivity contribution in [2.24, 2.45) is 0 Å². The molecule has 4 rings (SSSR count). The van der Waals surface area contributed by atoms with E-state index < -0.39 is 46.0 Å². The minimum atomic E-state index is -4.36. The van der Waals surface area contributed by atoms with Crippen molar-refractivity contribution in [1.82, 2.24) is 19.5 Å². The van der Waals surface area contributed by atoms with Gasteiger partial charge in [-0.15, -0.1) is 0 Å². The largest absolute Gasteiger partial charge is 0.496 e. The molecule has 0 spiro atoms. The predicted molar refractivity (Wildman–Crippen MR) is 189 cm³/mol. The van der Waals surface area contributed by atoms with Crippen LogP contribution in [0.4, 0.5) is 5.82 Å². The number of nitrogens with zero attached hydrogens (tertiary/aromatic N) is 3. The Bertz CT molecular complexity index is 1830. The summed E-state index contributed by atoms with van der Waals surface area (Å²) in [6.45, 7) is 11.2. The quantitative estimate of drug-likeness (QED) is 0.280. The number of ether oxygens (including phenoxy) is 2. The number of nitrogen functional groups attached to an aromatic ring is 1. The fraction of sp³-hybridized carbons (Fsp3) is 0.500. The Morgan fingerprint density at radius 2 is 1.71 bits per heavy atom. The number of esters is 1. The molecule has 266 valence electrons. The highest BCUT2D eigenvalue weighted by Crippen LogP contribution is 2.31. The molecule has 0 aliphatic carbocycles. The number of methoxy groups -OCH3 is 1. The minimum absolute atomic E-state index is 0.0127. The molecule has 1 aromatic heterocycles. The van der Waals surface area contributed by atoms with Gasteiger partial charge in [0.2, 0.25) is 21.8 Å². The van der Waals surface area contributed by atoms with E-state index >= 15 is 0 Å². The number of likely N-dealkylation sites (N-methyl/N-ethyl adjacent to an activating group) is 1. The summed E-state index contributed by atoms with van der Waals surface area (Å²) < 4.78 is 41.6. The molecule has 2 aromatic carbocycles. The van der Waals surface area contributed by atoms with Gasteiger partial charge in [-0.1, -0.05) is 18.2 Å². The Morgan fingerprint density at radius 1 is 1.04 bits per heavy atom. The first-order chi connectivity index (χ1) is 22.9. The fourth-order valence-corrected chi connectivity index (χ4v) is 8.05. The maximum Gasteiger partial charge on any atom is 0.308 e. The lowest BCUT2D eigenvalue weighted by Gasteiger charge is -2.36. The van der Waals surface area contributed by atoms with Crippen molar-refractivity contribution in [3.63, 3.8) is 0 Å². The number of amides is 2. The molecule has 2 atom stereocenters. The molecule has 49 heavy (non-hydrogen) atoms. The van der Waals surface area contributed by atoms with Crippen molar-refractivity contribution in [1.29, 1.82) is 0 Å². The standard InChI is InChI=1S/C36H49N5O7S/c1-22-18-30(47-8)23(2)24(3)32(22)49(45,46)39-28(21-31(42)48-36(4,5)6)34(43)40(7)29(35(44)41-16-10-9-11-17-41)20-25-12-13-27-26(19-25)14-15-38-33(27)37/h12-15,18-19,28-29,39H,9-11,16-17,20-21H2,1-8H3,(H2,37,38). The van der Waals surface area contributed by atoms with Gasteiger partial charge in [-0.05, 0) is 101 Å². The number of pyridine rings is 1. The highest BCUT2D eigenvalue weighted by atomic mass is 32.2. The average molecular weight is 696 g/mol. The average Bonchev–Trinajstić information content (AvgIpc) is 3.03. The third-order valence-corrected chi connectivity index (χ3v) is 10.7. The molecule has 13 heteroatoms. The summed E-state index contributed by atoms with van der Waals surface area (Å²) in [4.78, 5) is 48.9. The smallest absolute Gasteiger partial charge is 0.308 e. The van der Waals surface area contributed by atoms with Crippen LogP contribution in [0.2, 0.25) is 0 Å². The lowest BCUT2D eigenvalue weighted by molar-refractivity contribution is -0.157. The number of aromatic nitrogens is 1. The number of carbonyl (C=O) groups is 3. The Morgan fingerprint density at radius 3 is 2.35 bits per heavy atom. The lowest BCUT2D eigenvalue weighted by Crippen LogP contribution is -2.56. The number of aryl methyl sites for hydroxylation is 1. The van der Waals surface area contributed by atoms with Gasteiger partial charge >= 0.3 is 5.97 Å². The molecule has 0 radical (unpaired) electrons. The third kappa shape index (κ3) is 8.87. The van der Waals surface area contributed by atoms with Crippen LogP contribution in [-0.2, 0) is 35.6 Å². The first-order valence-corrected chi connectivity index (χ1v) is 18.0. The van der Waals surface area contributed by atoms with E-state index in [2.05, 4.69) is 9.71 Å². The van der Waals surface area contributed by atoms with Crippen molar-refractivity contribution in [2.45, 2.75) is 96.2 Å². The summed E-state index contributed by atoms with van der Waals surface area (Å²) in [5.74, 6) is -0.837. The van der Waals surface area contributed by atoms with Crippen LogP contribution in [0.3, 0.4) is 0 Å². The van der Waals surface area contributed by atoms with Crippen LogP contribution < -0.4 is 15.2 Å². The second kappa shape index (κ2) is 15.1. The highest BCUT2D eigenvalue weighted by Gasteiger charge is 2.38. The number of nitrogens with one attached hydrogen (secondary N) is 1. The molecule has 0 bridgehead atoms. The molecule has 2 heterocycles. The van der Waals surface area contributed by atoms with Gasteiger partial charge in [-0.2, -0.15) is 4.72 Å². The lowest BCUT2D eigenvalue weighted by atomic mass is 9.99. The molecule has 2 unspecified atom stereocenters. The van der Waals surface area contributed by atoms with E-state index in [0.29, 0.717) is 41.3 Å². The predicted octanol–water partition coefficient (Wildman–Crippen LogP) is 4.21. The van der Waals surface area contributed by atoms with Gasteiger partial charge in [0.1, 0.15) is 29.3 Å². The number of nitrogens with two attached hydrogens (primary N) is 1. The molecule has 1 fully saturated rings. The van der Waals surface area contributed by atoms with E-state index in [1.807, 2.05) is 24.3 Å². The van der Waals surface area contributed by atoms with Gasteiger partial charge in [0.05, 0.1) is 18.4 Å². The molecular formula is C36H49N5O7S. The zero-order valence-electron chi connectivity index (χ0n) is 29.8. The number of anilines is 1. The molecule has 3 aromatic rings. The second-order valence-corrected chi connectivity index (χ2v) is 15.4. The van der Waals surface area contributed by atoms with Crippen LogP contribution >= 0.6 is 0 Å². The summed E-state index contributed by atoms with van der Waals surface area (Å²) in [5, 5.41) is 1.60. The molecule has 1 saturated heterocycles. The Balaban J connectivity index is 1.74. The monoisotopic (exact) mass is 695 g/mol. The van der Waals surface area contributed by atoms with Crippen LogP contribution in [0.1, 0.15) is 68.7 Å². The number of rotatable bonds is 11. The van der Waals surface area contributed by atoms with E-state index in [-0.39, 0.29) is 17.2 Å². The zero-order valence-corrected chi connectivity index (χ0v) is 30.6. The van der Waals surface area contributed by atoms with Crippen LogP contribution in [0.25, 0.3) is 10.8 Å². The maximum atomic E-state index is 14.4. The Labute approximate surface area is 289 Å².